The lowest BCUT2D eigenvalue weighted by Crippen LogP contribution is -2.49. The highest BCUT2D eigenvalue weighted by atomic mass is 79.9. The highest BCUT2D eigenvalue weighted by Gasteiger charge is 2.30. The van der Waals surface area contributed by atoms with Crippen LogP contribution < -0.4 is 5.32 Å². The van der Waals surface area contributed by atoms with E-state index < -0.39 is 17.4 Å². The second-order valence-corrected chi connectivity index (χ2v) is 6.01. The van der Waals surface area contributed by atoms with Gasteiger partial charge in [-0.2, -0.15) is 0 Å². The Morgan fingerprint density at radius 1 is 1.30 bits per heavy atom. The van der Waals surface area contributed by atoms with Gasteiger partial charge in [0.25, 0.3) is 5.91 Å². The van der Waals surface area contributed by atoms with E-state index in [9.17, 15) is 9.59 Å². The van der Waals surface area contributed by atoms with Crippen molar-refractivity contribution in [2.75, 3.05) is 0 Å². The van der Waals surface area contributed by atoms with E-state index in [1.165, 1.54) is 13.8 Å². The maximum absolute atomic E-state index is 12.0. The zero-order valence-electron chi connectivity index (χ0n) is 11.3. The topological polar surface area (TPSA) is 79.5 Å². The first-order valence-electron chi connectivity index (χ1n) is 5.96. The predicted octanol–water partition coefficient (Wildman–Crippen LogP) is 3.10. The Labute approximate surface area is 124 Å². The van der Waals surface area contributed by atoms with Crippen LogP contribution in [0, 0.1) is 6.92 Å². The van der Waals surface area contributed by atoms with E-state index in [2.05, 4.69) is 21.2 Å². The molecule has 0 aliphatic heterocycles. The fourth-order valence-corrected chi connectivity index (χ4v) is 2.43. The van der Waals surface area contributed by atoms with Gasteiger partial charge in [0, 0.05) is 5.39 Å². The van der Waals surface area contributed by atoms with Gasteiger partial charge in [-0.3, -0.25) is 4.79 Å². The number of halogens is 1. The van der Waals surface area contributed by atoms with Crippen molar-refractivity contribution in [3.05, 3.63) is 34.0 Å². The molecule has 0 saturated heterocycles. The van der Waals surface area contributed by atoms with Crippen molar-refractivity contribution in [2.24, 2.45) is 0 Å². The summed E-state index contributed by atoms with van der Waals surface area (Å²) in [4.78, 5) is 23.1. The third-order valence-corrected chi connectivity index (χ3v) is 3.49. The number of benzene rings is 1. The van der Waals surface area contributed by atoms with Gasteiger partial charge in [-0.25, -0.2) is 4.79 Å². The molecule has 0 atom stereocenters. The monoisotopic (exact) mass is 339 g/mol. The molecular formula is C14H14BrNO4. The van der Waals surface area contributed by atoms with Crippen molar-refractivity contribution in [1.29, 1.82) is 0 Å². The molecule has 2 aromatic rings. The second-order valence-electron chi connectivity index (χ2n) is 5.16. The van der Waals surface area contributed by atoms with E-state index in [0.29, 0.717) is 5.58 Å². The normalized spacial score (nSPS) is 11.6. The van der Waals surface area contributed by atoms with Crippen molar-refractivity contribution in [3.63, 3.8) is 0 Å². The number of carboxylic acids is 1. The van der Waals surface area contributed by atoms with Crippen LogP contribution >= 0.6 is 15.9 Å². The molecule has 1 aromatic carbocycles. The number of fused-ring (bicyclic) bond motifs is 1. The van der Waals surface area contributed by atoms with Gasteiger partial charge in [0.2, 0.25) is 0 Å². The zero-order valence-corrected chi connectivity index (χ0v) is 12.9. The fourth-order valence-electron chi connectivity index (χ4n) is 1.76. The van der Waals surface area contributed by atoms with Crippen LogP contribution in [0.2, 0.25) is 0 Å². The van der Waals surface area contributed by atoms with E-state index in [1.54, 1.807) is 6.07 Å². The number of aliphatic carboxylic acids is 1. The second kappa shape index (κ2) is 4.94. The molecule has 0 aliphatic rings. The number of carbonyl (C=O) groups excluding carboxylic acids is 1. The van der Waals surface area contributed by atoms with Crippen molar-refractivity contribution in [2.45, 2.75) is 26.3 Å². The molecule has 0 unspecified atom stereocenters. The molecule has 0 fully saturated rings. The van der Waals surface area contributed by atoms with Gasteiger partial charge in [-0.15, -0.1) is 0 Å². The minimum Gasteiger partial charge on any atom is -0.480 e. The SMILES string of the molecule is Cc1cc(Br)c2oc(C(=O)NC(C)(C)C(=O)O)cc2c1. The van der Waals surface area contributed by atoms with Gasteiger partial charge >= 0.3 is 5.97 Å². The van der Waals surface area contributed by atoms with Crippen LogP contribution in [-0.2, 0) is 4.79 Å². The van der Waals surface area contributed by atoms with Crippen molar-refractivity contribution in [3.8, 4) is 0 Å². The van der Waals surface area contributed by atoms with Crippen LogP contribution in [0.15, 0.2) is 27.1 Å². The lowest BCUT2D eigenvalue weighted by molar-refractivity contribution is -0.143. The number of nitrogens with one attached hydrogen (secondary N) is 1. The smallest absolute Gasteiger partial charge is 0.328 e. The molecule has 1 amide bonds. The lowest BCUT2D eigenvalue weighted by atomic mass is 10.1. The predicted molar refractivity (Wildman–Crippen MR) is 77.8 cm³/mol. The van der Waals surface area contributed by atoms with Crippen LogP contribution in [0.5, 0.6) is 0 Å². The maximum Gasteiger partial charge on any atom is 0.328 e. The summed E-state index contributed by atoms with van der Waals surface area (Å²) in [6, 6.07) is 5.37. The molecule has 0 spiro atoms. The Kier molecular flexibility index (Phi) is 3.60. The van der Waals surface area contributed by atoms with Crippen LogP contribution in [-0.4, -0.2) is 22.5 Å². The molecule has 1 heterocycles. The summed E-state index contributed by atoms with van der Waals surface area (Å²) in [5.74, 6) is -1.59. The van der Waals surface area contributed by atoms with Gasteiger partial charge in [-0.1, -0.05) is 0 Å². The average Bonchev–Trinajstić information content (AvgIpc) is 2.72. The first-order valence-corrected chi connectivity index (χ1v) is 6.75. The van der Waals surface area contributed by atoms with Gasteiger partial charge in [-0.05, 0) is 60.5 Å². The lowest BCUT2D eigenvalue weighted by Gasteiger charge is -2.19. The van der Waals surface area contributed by atoms with Gasteiger partial charge < -0.3 is 14.8 Å². The maximum atomic E-state index is 12.0. The standard InChI is InChI=1S/C14H14BrNO4/c1-7-4-8-6-10(20-11(8)9(15)5-7)12(17)16-14(2,3)13(18)19/h4-6H,1-3H3,(H,16,17)(H,18,19). The third-order valence-electron chi connectivity index (χ3n) is 2.90. The molecule has 0 radical (unpaired) electrons. The highest BCUT2D eigenvalue weighted by Crippen LogP contribution is 2.28. The summed E-state index contributed by atoms with van der Waals surface area (Å²) in [6.45, 7) is 4.76. The molecular weight excluding hydrogens is 326 g/mol. The molecule has 2 rings (SSSR count). The number of aryl methyl sites for hydroxylation is 1. The van der Waals surface area contributed by atoms with Gasteiger partial charge in [0.15, 0.2) is 5.76 Å². The first-order chi connectivity index (χ1) is 9.20. The summed E-state index contributed by atoms with van der Waals surface area (Å²) < 4.78 is 6.24. The Bertz CT molecular complexity index is 703. The number of carboxylic acid groups (broad SMARTS) is 1. The van der Waals surface area contributed by atoms with E-state index in [4.69, 9.17) is 9.52 Å². The van der Waals surface area contributed by atoms with Crippen LogP contribution in [0.4, 0.5) is 0 Å². The molecule has 6 heteroatoms. The minimum absolute atomic E-state index is 0.0839. The van der Waals surface area contributed by atoms with E-state index in [1.807, 2.05) is 19.1 Å². The molecule has 0 aliphatic carbocycles. The Hall–Kier alpha value is -1.82. The van der Waals surface area contributed by atoms with Crippen molar-refractivity contribution >= 4 is 38.8 Å². The van der Waals surface area contributed by atoms with Crippen LogP contribution in [0.1, 0.15) is 30.0 Å². The largest absolute Gasteiger partial charge is 0.480 e. The summed E-state index contributed by atoms with van der Waals surface area (Å²) in [5, 5.41) is 12.2. The van der Waals surface area contributed by atoms with Crippen LogP contribution in [0.25, 0.3) is 11.0 Å². The van der Waals surface area contributed by atoms with Crippen LogP contribution in [0.3, 0.4) is 0 Å². The van der Waals surface area contributed by atoms with Gasteiger partial charge in [0.05, 0.1) is 4.47 Å². The summed E-state index contributed by atoms with van der Waals surface area (Å²) >= 11 is 3.38. The van der Waals surface area contributed by atoms with Crippen molar-refractivity contribution < 1.29 is 19.1 Å². The summed E-state index contributed by atoms with van der Waals surface area (Å²) in [5.41, 5.74) is 0.236. The number of rotatable bonds is 3. The molecule has 20 heavy (non-hydrogen) atoms. The molecule has 1 aromatic heterocycles. The number of furan rings is 1. The fraction of sp³-hybridized carbons (Fsp3) is 0.286. The first kappa shape index (κ1) is 14.6. The number of carbonyl (C=O) groups is 2. The molecule has 0 bridgehead atoms. The Morgan fingerprint density at radius 2 is 1.95 bits per heavy atom. The Morgan fingerprint density at radius 3 is 2.55 bits per heavy atom. The molecule has 2 N–H and O–H groups in total. The minimum atomic E-state index is -1.36. The molecule has 0 saturated carbocycles. The summed E-state index contributed by atoms with van der Waals surface area (Å²) in [6.07, 6.45) is 0. The summed E-state index contributed by atoms with van der Waals surface area (Å²) in [7, 11) is 0. The van der Waals surface area contributed by atoms with Crippen molar-refractivity contribution in [1.82, 2.24) is 5.32 Å². The zero-order chi connectivity index (χ0) is 15.1. The highest BCUT2D eigenvalue weighted by molar-refractivity contribution is 9.10. The van der Waals surface area contributed by atoms with E-state index in [0.717, 1.165) is 15.4 Å². The van der Waals surface area contributed by atoms with E-state index in [-0.39, 0.29) is 5.76 Å². The van der Waals surface area contributed by atoms with E-state index >= 15 is 0 Å². The quantitative estimate of drug-likeness (QED) is 0.900. The Balaban J connectivity index is 2.37. The number of amides is 1. The third kappa shape index (κ3) is 2.70. The number of hydrogen-bond donors (Lipinski definition) is 2. The number of hydrogen-bond acceptors (Lipinski definition) is 3. The molecule has 106 valence electrons. The van der Waals surface area contributed by atoms with Gasteiger partial charge in [0.1, 0.15) is 11.1 Å². The average molecular weight is 340 g/mol. The molecule has 5 nitrogen and oxygen atoms in total.